The number of carbonyl (C=O) groups excluding carboxylic acids is 1. The van der Waals surface area contributed by atoms with E-state index in [2.05, 4.69) is 5.32 Å². The minimum absolute atomic E-state index is 0.230. The Balaban J connectivity index is 1.99. The number of rotatable bonds is 3. The minimum Gasteiger partial charge on any atom is -0.623 e. The summed E-state index contributed by atoms with van der Waals surface area (Å²) in [4.78, 5) is 12.2. The molecule has 1 heterocycles. The van der Waals surface area contributed by atoms with Gasteiger partial charge in [-0.15, -0.1) is 0 Å². The molecule has 4 nitrogen and oxygen atoms in total. The Bertz CT molecular complexity index is 696. The highest BCUT2D eigenvalue weighted by molar-refractivity contribution is 6.37. The van der Waals surface area contributed by atoms with Crippen LogP contribution in [0.4, 0.5) is 0 Å². The normalized spacial score (nSPS) is 21.6. The summed E-state index contributed by atoms with van der Waals surface area (Å²) in [5.74, 6) is -0.279. The molecule has 0 saturated heterocycles. The summed E-state index contributed by atoms with van der Waals surface area (Å²) in [6.45, 7) is 1.86. The van der Waals surface area contributed by atoms with Gasteiger partial charge in [-0.2, -0.15) is 4.74 Å². The molecule has 1 aliphatic heterocycles. The molecule has 2 aromatic rings. The molecule has 4 heteroatoms. The van der Waals surface area contributed by atoms with Crippen LogP contribution in [0.15, 0.2) is 60.7 Å². The first-order valence-electron chi connectivity index (χ1n) is 7.39. The first-order chi connectivity index (χ1) is 10.7. The van der Waals surface area contributed by atoms with E-state index in [-0.39, 0.29) is 17.7 Å². The lowest BCUT2D eigenvalue weighted by Gasteiger charge is -2.30. The zero-order chi connectivity index (χ0) is 15.5. The molecule has 3 rings (SSSR count). The van der Waals surface area contributed by atoms with Gasteiger partial charge >= 0.3 is 5.91 Å². The summed E-state index contributed by atoms with van der Waals surface area (Å²) < 4.78 is 0.881. The second-order valence-electron chi connectivity index (χ2n) is 5.55. The van der Waals surface area contributed by atoms with Gasteiger partial charge in [0.1, 0.15) is 0 Å². The van der Waals surface area contributed by atoms with Gasteiger partial charge in [0.05, 0.1) is 12.5 Å². The molecule has 0 saturated carbocycles. The average molecular weight is 294 g/mol. The molecule has 22 heavy (non-hydrogen) atoms. The molecule has 2 atom stereocenters. The summed E-state index contributed by atoms with van der Waals surface area (Å²) >= 11 is 0. The fourth-order valence-corrected chi connectivity index (χ4v) is 2.86. The van der Waals surface area contributed by atoms with Crippen LogP contribution in [0, 0.1) is 5.21 Å². The summed E-state index contributed by atoms with van der Waals surface area (Å²) in [7, 11) is 0. The number of hydrogen-bond acceptors (Lipinski definition) is 2. The molecule has 2 unspecified atom stereocenters. The highest BCUT2D eigenvalue weighted by Gasteiger charge is 2.38. The van der Waals surface area contributed by atoms with Gasteiger partial charge in [0.2, 0.25) is 6.04 Å². The Morgan fingerprint density at radius 1 is 1.05 bits per heavy atom. The number of benzene rings is 2. The van der Waals surface area contributed by atoms with E-state index in [4.69, 9.17) is 0 Å². The van der Waals surface area contributed by atoms with Crippen molar-refractivity contribution in [2.75, 3.05) is 0 Å². The number of amides is 1. The molecule has 1 N–H and O–H groups in total. The maximum Gasteiger partial charge on any atom is 0.313 e. The van der Waals surface area contributed by atoms with Crippen molar-refractivity contribution in [2.45, 2.75) is 25.4 Å². The molecular weight excluding hydrogens is 276 g/mol. The van der Waals surface area contributed by atoms with Gasteiger partial charge < -0.3 is 10.5 Å². The van der Waals surface area contributed by atoms with Crippen LogP contribution >= 0.6 is 0 Å². The quantitative estimate of drug-likeness (QED) is 0.698. The maximum atomic E-state index is 12.8. The lowest BCUT2D eigenvalue weighted by Crippen LogP contribution is -2.52. The summed E-state index contributed by atoms with van der Waals surface area (Å²) in [6.07, 6.45) is 0.340. The van der Waals surface area contributed by atoms with Gasteiger partial charge in [0, 0.05) is 5.56 Å². The Hall–Kier alpha value is -2.62. The summed E-state index contributed by atoms with van der Waals surface area (Å²) in [6, 6.07) is 18.5. The molecule has 0 aromatic heterocycles. The van der Waals surface area contributed by atoms with Gasteiger partial charge in [-0.3, -0.25) is 4.79 Å². The molecule has 0 spiro atoms. The second-order valence-corrected chi connectivity index (χ2v) is 5.55. The van der Waals surface area contributed by atoms with Gasteiger partial charge in [-0.05, 0) is 12.5 Å². The number of carbonyl (C=O) groups is 1. The molecule has 0 bridgehead atoms. The van der Waals surface area contributed by atoms with E-state index in [1.54, 1.807) is 0 Å². The van der Waals surface area contributed by atoms with Crippen LogP contribution < -0.4 is 5.32 Å². The number of hydrogen-bond donors (Lipinski definition) is 1. The third-order valence-electron chi connectivity index (χ3n) is 3.97. The minimum atomic E-state index is -0.391. The molecule has 2 aromatic carbocycles. The molecule has 0 aliphatic carbocycles. The lowest BCUT2D eigenvalue weighted by molar-refractivity contribution is -0.515. The molecule has 112 valence electrons. The van der Waals surface area contributed by atoms with E-state index >= 15 is 0 Å². The predicted octanol–water partition coefficient (Wildman–Crippen LogP) is 2.44. The van der Waals surface area contributed by atoms with Crippen LogP contribution in [0.3, 0.4) is 0 Å². The van der Waals surface area contributed by atoms with E-state index < -0.39 is 6.04 Å². The summed E-state index contributed by atoms with van der Waals surface area (Å²) in [5, 5.41) is 15.7. The van der Waals surface area contributed by atoms with Gasteiger partial charge in [0.25, 0.3) is 5.71 Å². The van der Waals surface area contributed by atoms with Crippen LogP contribution in [0.25, 0.3) is 0 Å². The van der Waals surface area contributed by atoms with Crippen molar-refractivity contribution in [3.8, 4) is 0 Å². The van der Waals surface area contributed by atoms with Crippen LogP contribution in [-0.2, 0) is 11.2 Å². The predicted molar refractivity (Wildman–Crippen MR) is 85.6 cm³/mol. The van der Waals surface area contributed by atoms with Crippen molar-refractivity contribution < 1.29 is 9.53 Å². The van der Waals surface area contributed by atoms with Crippen molar-refractivity contribution in [3.63, 3.8) is 0 Å². The first-order valence-corrected chi connectivity index (χ1v) is 7.39. The van der Waals surface area contributed by atoms with E-state index in [0.717, 1.165) is 15.9 Å². The molecule has 0 fully saturated rings. The monoisotopic (exact) mass is 294 g/mol. The van der Waals surface area contributed by atoms with Crippen molar-refractivity contribution in [3.05, 3.63) is 77.0 Å². The zero-order valence-corrected chi connectivity index (χ0v) is 12.4. The smallest absolute Gasteiger partial charge is 0.313 e. The van der Waals surface area contributed by atoms with Crippen molar-refractivity contribution in [2.24, 2.45) is 0 Å². The van der Waals surface area contributed by atoms with Crippen molar-refractivity contribution in [1.82, 2.24) is 5.32 Å². The SMILES string of the molecule is CC1NC(=O)C(Cc2ccccc2)=[N+]([O-])C1c1ccccc1. The molecule has 1 aliphatic rings. The van der Waals surface area contributed by atoms with E-state index in [9.17, 15) is 10.0 Å². The fourth-order valence-electron chi connectivity index (χ4n) is 2.86. The average Bonchev–Trinajstić information content (AvgIpc) is 2.53. The van der Waals surface area contributed by atoms with Gasteiger partial charge in [0.15, 0.2) is 0 Å². The van der Waals surface area contributed by atoms with Gasteiger partial charge in [-0.25, -0.2) is 0 Å². The Morgan fingerprint density at radius 2 is 1.64 bits per heavy atom. The topological polar surface area (TPSA) is 55.2 Å². The highest BCUT2D eigenvalue weighted by atomic mass is 16.5. The Kier molecular flexibility index (Phi) is 3.92. The third-order valence-corrected chi connectivity index (χ3v) is 3.97. The standard InChI is InChI=1S/C18H18N2O2/c1-13-17(15-10-6-3-7-11-15)20(22)16(18(21)19-13)12-14-8-4-2-5-9-14/h2-11,13,17H,12H2,1H3,(H,19,21). The molecule has 0 radical (unpaired) electrons. The Labute approximate surface area is 129 Å². The number of nitrogens with zero attached hydrogens (tertiary/aromatic N) is 1. The third kappa shape index (κ3) is 2.72. The largest absolute Gasteiger partial charge is 0.623 e. The van der Waals surface area contributed by atoms with Gasteiger partial charge in [-0.1, -0.05) is 60.7 Å². The fraction of sp³-hybridized carbons (Fsp3) is 0.222. The Morgan fingerprint density at radius 3 is 2.27 bits per heavy atom. The van der Waals surface area contributed by atoms with Crippen LogP contribution in [-0.4, -0.2) is 22.4 Å². The van der Waals surface area contributed by atoms with Crippen molar-refractivity contribution in [1.29, 1.82) is 0 Å². The maximum absolute atomic E-state index is 12.8. The van der Waals surface area contributed by atoms with E-state index in [1.165, 1.54) is 0 Å². The van der Waals surface area contributed by atoms with Crippen LogP contribution in [0.1, 0.15) is 24.1 Å². The molecule has 1 amide bonds. The zero-order valence-electron chi connectivity index (χ0n) is 12.4. The highest BCUT2D eigenvalue weighted by Crippen LogP contribution is 2.24. The molecular formula is C18H18N2O2. The number of nitrogens with one attached hydrogen (secondary N) is 1. The van der Waals surface area contributed by atoms with Crippen molar-refractivity contribution >= 4 is 11.6 Å². The number of hydroxylamine groups is 1. The van der Waals surface area contributed by atoms with E-state index in [0.29, 0.717) is 6.42 Å². The first kappa shape index (κ1) is 14.3. The van der Waals surface area contributed by atoms with Crippen LogP contribution in [0.5, 0.6) is 0 Å². The second kappa shape index (κ2) is 6.02. The lowest BCUT2D eigenvalue weighted by atomic mass is 9.96. The van der Waals surface area contributed by atoms with Crippen LogP contribution in [0.2, 0.25) is 0 Å². The van der Waals surface area contributed by atoms with E-state index in [1.807, 2.05) is 67.6 Å². The summed E-state index contributed by atoms with van der Waals surface area (Å²) in [5.41, 5.74) is 2.13.